The van der Waals surface area contributed by atoms with E-state index in [1.165, 1.54) is 12.1 Å². The molecule has 152 valence electrons. The lowest BCUT2D eigenvalue weighted by molar-refractivity contribution is -0.116. The van der Waals surface area contributed by atoms with Crippen LogP contribution in [0.4, 0.5) is 11.4 Å². The van der Waals surface area contributed by atoms with E-state index in [1.54, 1.807) is 17.0 Å². The Morgan fingerprint density at radius 2 is 1.57 bits per heavy atom. The fourth-order valence-electron chi connectivity index (χ4n) is 3.44. The molecule has 0 spiro atoms. The van der Waals surface area contributed by atoms with Crippen molar-refractivity contribution in [1.82, 2.24) is 0 Å². The molecule has 0 bridgehead atoms. The molecule has 1 aliphatic rings. The summed E-state index contributed by atoms with van der Waals surface area (Å²) in [4.78, 5) is 27.2. The van der Waals surface area contributed by atoms with Crippen molar-refractivity contribution in [3.05, 3.63) is 96.1 Å². The molecule has 1 heterocycles. The second kappa shape index (κ2) is 8.12. The van der Waals surface area contributed by atoms with Gasteiger partial charge in [0.05, 0.1) is 18.0 Å². The van der Waals surface area contributed by atoms with Gasteiger partial charge in [-0.15, -0.1) is 0 Å². The number of carbonyl (C=O) groups is 2. The summed E-state index contributed by atoms with van der Waals surface area (Å²) in [6, 6.07) is 25.1. The zero-order valence-electron chi connectivity index (χ0n) is 16.1. The molecule has 0 unspecified atom stereocenters. The molecule has 2 amide bonds. The van der Waals surface area contributed by atoms with Crippen LogP contribution in [0.1, 0.15) is 22.3 Å². The van der Waals surface area contributed by atoms with Crippen LogP contribution in [0, 0.1) is 0 Å². The zero-order chi connectivity index (χ0) is 21.1. The van der Waals surface area contributed by atoms with Gasteiger partial charge >= 0.3 is 0 Å². The second-order valence-corrected chi connectivity index (χ2v) is 8.92. The van der Waals surface area contributed by atoms with Gasteiger partial charge in [-0.05, 0) is 35.9 Å². The van der Waals surface area contributed by atoms with Crippen molar-refractivity contribution >= 4 is 33.2 Å². The molecule has 3 aromatic rings. The number of para-hydroxylation sites is 1. The van der Waals surface area contributed by atoms with Gasteiger partial charge in [0.25, 0.3) is 5.91 Å². The van der Waals surface area contributed by atoms with Crippen molar-refractivity contribution in [2.24, 2.45) is 0 Å². The van der Waals surface area contributed by atoms with Gasteiger partial charge in [0.2, 0.25) is 15.9 Å². The van der Waals surface area contributed by atoms with Gasteiger partial charge in [0.1, 0.15) is 0 Å². The van der Waals surface area contributed by atoms with E-state index in [4.69, 9.17) is 0 Å². The predicted molar refractivity (Wildman–Crippen MR) is 116 cm³/mol. The summed E-state index contributed by atoms with van der Waals surface area (Å²) in [6.07, 6.45) is -0.0509. The Balaban J connectivity index is 1.71. The molecule has 1 saturated heterocycles. The number of rotatable bonds is 5. The number of benzene rings is 3. The fraction of sp³-hybridized carbons (Fsp3) is 0.130. The summed E-state index contributed by atoms with van der Waals surface area (Å²) in [5, 5.41) is 0. The maximum Gasteiger partial charge on any atom is 0.258 e. The third kappa shape index (κ3) is 3.97. The van der Waals surface area contributed by atoms with E-state index in [2.05, 4.69) is 0 Å². The second-order valence-electron chi connectivity index (χ2n) is 6.99. The first-order valence-corrected chi connectivity index (χ1v) is 11.1. The number of hydrogen-bond acceptors (Lipinski definition) is 4. The van der Waals surface area contributed by atoms with Crippen LogP contribution in [0.15, 0.2) is 84.9 Å². The van der Waals surface area contributed by atoms with Gasteiger partial charge in [-0.25, -0.2) is 12.7 Å². The molecule has 0 radical (unpaired) electrons. The van der Waals surface area contributed by atoms with Gasteiger partial charge in [-0.1, -0.05) is 54.6 Å². The first-order chi connectivity index (χ1) is 14.5. The van der Waals surface area contributed by atoms with Crippen LogP contribution in [-0.2, 0) is 21.4 Å². The van der Waals surface area contributed by atoms with Crippen LogP contribution in [0.3, 0.4) is 0 Å². The Morgan fingerprint density at radius 3 is 2.20 bits per heavy atom. The molecule has 7 heteroatoms. The quantitative estimate of drug-likeness (QED) is 0.632. The lowest BCUT2D eigenvalue weighted by atomic mass is 10.1. The predicted octanol–water partition coefficient (Wildman–Crippen LogP) is 3.60. The molecule has 3 aromatic carbocycles. The molecule has 4 rings (SSSR count). The van der Waals surface area contributed by atoms with Crippen LogP contribution < -0.4 is 9.21 Å². The highest BCUT2D eigenvalue weighted by Gasteiger charge is 2.36. The smallest absolute Gasteiger partial charge is 0.258 e. The Labute approximate surface area is 175 Å². The van der Waals surface area contributed by atoms with Crippen molar-refractivity contribution in [3.8, 4) is 0 Å². The topological polar surface area (TPSA) is 74.8 Å². The number of sulfonamides is 1. The zero-order valence-corrected chi connectivity index (χ0v) is 17.0. The summed E-state index contributed by atoms with van der Waals surface area (Å²) in [6.45, 7) is 0.356. The third-order valence-electron chi connectivity index (χ3n) is 4.90. The lowest BCUT2D eigenvalue weighted by Crippen LogP contribution is -2.32. The average Bonchev–Trinajstić information content (AvgIpc) is 3.05. The molecule has 6 nitrogen and oxygen atoms in total. The summed E-state index contributed by atoms with van der Waals surface area (Å²) in [5.74, 6) is -0.978. The molecular formula is C23H20N2O4S. The van der Waals surface area contributed by atoms with Crippen LogP contribution >= 0.6 is 0 Å². The number of amides is 2. The van der Waals surface area contributed by atoms with E-state index >= 15 is 0 Å². The van der Waals surface area contributed by atoms with Gasteiger partial charge in [0, 0.05) is 17.7 Å². The van der Waals surface area contributed by atoms with Crippen LogP contribution in [-0.4, -0.2) is 26.0 Å². The van der Waals surface area contributed by atoms with Crippen molar-refractivity contribution in [2.75, 3.05) is 15.0 Å². The van der Waals surface area contributed by atoms with Crippen LogP contribution in [0.25, 0.3) is 0 Å². The van der Waals surface area contributed by atoms with Crippen molar-refractivity contribution in [3.63, 3.8) is 0 Å². The maximum absolute atomic E-state index is 13.4. The van der Waals surface area contributed by atoms with E-state index in [9.17, 15) is 18.0 Å². The number of nitrogens with zero attached hydrogens (tertiary/aromatic N) is 2. The molecule has 1 fully saturated rings. The minimum absolute atomic E-state index is 0.0509. The first kappa shape index (κ1) is 19.8. The Kier molecular flexibility index (Phi) is 5.37. The summed E-state index contributed by atoms with van der Waals surface area (Å²) in [7, 11) is -3.69. The Hall–Kier alpha value is -3.45. The highest BCUT2D eigenvalue weighted by molar-refractivity contribution is 7.94. The average molecular weight is 420 g/mol. The van der Waals surface area contributed by atoms with Gasteiger partial charge in [-0.2, -0.15) is 0 Å². The Morgan fingerprint density at radius 1 is 0.900 bits per heavy atom. The normalized spacial score (nSPS) is 15.2. The molecule has 0 N–H and O–H groups in total. The largest absolute Gasteiger partial charge is 0.304 e. The highest BCUT2D eigenvalue weighted by Crippen LogP contribution is 2.27. The van der Waals surface area contributed by atoms with Crippen molar-refractivity contribution < 1.29 is 18.0 Å². The lowest BCUT2D eigenvalue weighted by Gasteiger charge is -2.24. The van der Waals surface area contributed by atoms with Gasteiger partial charge < -0.3 is 4.90 Å². The van der Waals surface area contributed by atoms with Crippen LogP contribution in [0.5, 0.6) is 0 Å². The number of hydrogen-bond donors (Lipinski definition) is 0. The molecule has 0 atom stereocenters. The Bertz CT molecular complexity index is 1180. The molecular weight excluding hydrogens is 400 g/mol. The van der Waals surface area contributed by atoms with E-state index < -0.39 is 15.9 Å². The van der Waals surface area contributed by atoms with Crippen LogP contribution in [0.2, 0.25) is 0 Å². The van der Waals surface area contributed by atoms with Gasteiger partial charge in [0.15, 0.2) is 0 Å². The molecule has 1 aliphatic heterocycles. The van der Waals surface area contributed by atoms with E-state index in [1.807, 2.05) is 60.7 Å². The highest BCUT2D eigenvalue weighted by atomic mass is 32.2. The van der Waals surface area contributed by atoms with E-state index in [0.717, 1.165) is 15.6 Å². The van der Waals surface area contributed by atoms with E-state index in [0.29, 0.717) is 12.1 Å². The monoisotopic (exact) mass is 420 g/mol. The third-order valence-corrected chi connectivity index (χ3v) is 6.59. The SMILES string of the molecule is O=C(c1cccc(N2C(=O)CCS2(=O)=O)c1)N(Cc1ccccc1)c1ccccc1. The minimum Gasteiger partial charge on any atom is -0.304 e. The molecule has 30 heavy (non-hydrogen) atoms. The molecule has 0 aliphatic carbocycles. The fourth-order valence-corrected chi connectivity index (χ4v) is 4.90. The minimum atomic E-state index is -3.69. The summed E-state index contributed by atoms with van der Waals surface area (Å²) < 4.78 is 25.3. The molecule has 0 saturated carbocycles. The van der Waals surface area contributed by atoms with Crippen molar-refractivity contribution in [2.45, 2.75) is 13.0 Å². The maximum atomic E-state index is 13.4. The standard InChI is InChI=1S/C23H20N2O4S/c26-22-14-15-30(28,29)25(22)21-13-7-10-19(16-21)23(27)24(20-11-5-2-6-12-20)17-18-8-3-1-4-9-18/h1-13,16H,14-15,17H2. The number of anilines is 2. The van der Waals surface area contributed by atoms with Crippen molar-refractivity contribution in [1.29, 1.82) is 0 Å². The first-order valence-electron chi connectivity index (χ1n) is 9.52. The summed E-state index contributed by atoms with van der Waals surface area (Å²) in [5.41, 5.74) is 2.18. The summed E-state index contributed by atoms with van der Waals surface area (Å²) >= 11 is 0. The van der Waals surface area contributed by atoms with E-state index in [-0.39, 0.29) is 23.8 Å². The number of carbonyl (C=O) groups excluding carboxylic acids is 2. The molecule has 0 aromatic heterocycles. The van der Waals surface area contributed by atoms with Gasteiger partial charge in [-0.3, -0.25) is 9.59 Å².